The van der Waals surface area contributed by atoms with Gasteiger partial charge in [0, 0.05) is 0 Å². The van der Waals surface area contributed by atoms with Crippen molar-refractivity contribution in [3.63, 3.8) is 0 Å². The Kier molecular flexibility index (Phi) is 3.02. The van der Waals surface area contributed by atoms with E-state index in [1.807, 2.05) is 20.8 Å². The highest BCUT2D eigenvalue weighted by atomic mass is 16.6. The van der Waals surface area contributed by atoms with Crippen LogP contribution < -0.4 is 0 Å². The lowest BCUT2D eigenvalue weighted by molar-refractivity contribution is -0.108. The summed E-state index contributed by atoms with van der Waals surface area (Å²) in [4.78, 5) is 17.0. The molecule has 1 N–H and O–H groups in total. The van der Waals surface area contributed by atoms with Gasteiger partial charge in [-0.2, -0.15) is 5.10 Å². The van der Waals surface area contributed by atoms with Gasteiger partial charge >= 0.3 is 6.09 Å². The number of rotatable bonds is 2. The fraction of sp³-hybridized carbons (Fsp3) is 0.727. The van der Waals surface area contributed by atoms with E-state index in [1.54, 1.807) is 4.68 Å². The lowest BCUT2D eigenvalue weighted by Gasteiger charge is -2.46. The number of carbonyl (C=O) groups is 1. The van der Waals surface area contributed by atoms with Gasteiger partial charge in [-0.25, -0.2) is 14.5 Å². The first-order valence-electron chi connectivity index (χ1n) is 5.80. The molecule has 0 radical (unpaired) electrons. The Labute approximate surface area is 105 Å². The molecule has 18 heavy (non-hydrogen) atoms. The highest BCUT2D eigenvalue weighted by Gasteiger charge is 2.45. The number of carbonyl (C=O) groups excluding carboxylic acids is 1. The smallest absolute Gasteiger partial charge is 0.410 e. The first-order valence-corrected chi connectivity index (χ1v) is 5.80. The minimum absolute atomic E-state index is 0.252. The minimum atomic E-state index is -0.940. The van der Waals surface area contributed by atoms with E-state index in [9.17, 15) is 9.90 Å². The molecule has 7 heteroatoms. The molecular weight excluding hydrogens is 236 g/mol. The topological polar surface area (TPSA) is 80.5 Å². The maximum absolute atomic E-state index is 11.7. The monoisotopic (exact) mass is 254 g/mol. The molecule has 1 aliphatic heterocycles. The van der Waals surface area contributed by atoms with Crippen molar-refractivity contribution in [2.45, 2.75) is 38.5 Å². The van der Waals surface area contributed by atoms with Crippen LogP contribution in [-0.4, -0.2) is 55.2 Å². The lowest BCUT2D eigenvalue weighted by Crippen LogP contribution is -2.65. The maximum Gasteiger partial charge on any atom is 0.410 e. The van der Waals surface area contributed by atoms with E-state index in [1.165, 1.54) is 17.6 Å². The normalized spacial score (nSPS) is 18.3. The summed E-state index contributed by atoms with van der Waals surface area (Å²) in [5.41, 5.74) is -1.46. The Morgan fingerprint density at radius 3 is 2.67 bits per heavy atom. The predicted molar refractivity (Wildman–Crippen MR) is 62.8 cm³/mol. The summed E-state index contributed by atoms with van der Waals surface area (Å²) in [7, 11) is 0. The van der Waals surface area contributed by atoms with Crippen molar-refractivity contribution in [1.82, 2.24) is 19.7 Å². The van der Waals surface area contributed by atoms with Crippen LogP contribution in [0.5, 0.6) is 0 Å². The molecular formula is C11H18N4O3. The number of likely N-dealkylation sites (tertiary alicyclic amines) is 1. The van der Waals surface area contributed by atoms with Crippen LogP contribution in [0.2, 0.25) is 0 Å². The SMILES string of the molecule is CC(C)(C)OC(=O)N1CC(O)(Cn2cncn2)C1. The molecule has 1 aromatic heterocycles. The lowest BCUT2D eigenvalue weighted by atomic mass is 9.95. The molecule has 7 nitrogen and oxygen atoms in total. The molecule has 0 saturated carbocycles. The zero-order chi connectivity index (χ0) is 13.4. The Bertz CT molecular complexity index is 418. The number of nitrogens with zero attached hydrogens (tertiary/aromatic N) is 4. The number of amides is 1. The van der Waals surface area contributed by atoms with Gasteiger partial charge in [0.25, 0.3) is 0 Å². The van der Waals surface area contributed by atoms with E-state index in [0.29, 0.717) is 6.54 Å². The van der Waals surface area contributed by atoms with Gasteiger partial charge in [0.1, 0.15) is 23.9 Å². The molecule has 1 aliphatic rings. The van der Waals surface area contributed by atoms with Crippen LogP contribution in [0.25, 0.3) is 0 Å². The first-order chi connectivity index (χ1) is 8.27. The van der Waals surface area contributed by atoms with Crippen LogP contribution in [-0.2, 0) is 11.3 Å². The number of aliphatic hydroxyl groups is 1. The number of hydrogen-bond acceptors (Lipinski definition) is 5. The second-order valence-corrected chi connectivity index (χ2v) is 5.65. The third-order valence-electron chi connectivity index (χ3n) is 2.54. The second kappa shape index (κ2) is 4.24. The number of hydrogen-bond donors (Lipinski definition) is 1. The van der Waals surface area contributed by atoms with Gasteiger partial charge < -0.3 is 14.7 Å². The van der Waals surface area contributed by atoms with Crippen molar-refractivity contribution < 1.29 is 14.6 Å². The number of β-amino-alcohol motifs (C(OH)–C–C–N with tert-alkyl or cyclic N) is 1. The van der Waals surface area contributed by atoms with Gasteiger partial charge in [-0.3, -0.25) is 0 Å². The van der Waals surface area contributed by atoms with Crippen molar-refractivity contribution in [2.75, 3.05) is 13.1 Å². The summed E-state index contributed by atoms with van der Waals surface area (Å²) >= 11 is 0. The largest absolute Gasteiger partial charge is 0.444 e. The quantitative estimate of drug-likeness (QED) is 0.818. The van der Waals surface area contributed by atoms with Gasteiger partial charge in [0.05, 0.1) is 19.6 Å². The molecule has 0 spiro atoms. The van der Waals surface area contributed by atoms with E-state index >= 15 is 0 Å². The zero-order valence-electron chi connectivity index (χ0n) is 10.8. The molecule has 0 aromatic carbocycles. The molecule has 1 saturated heterocycles. The van der Waals surface area contributed by atoms with Gasteiger partial charge in [-0.15, -0.1) is 0 Å². The van der Waals surface area contributed by atoms with Crippen LogP contribution in [0.1, 0.15) is 20.8 Å². The van der Waals surface area contributed by atoms with Crippen LogP contribution in [0.4, 0.5) is 4.79 Å². The third kappa shape index (κ3) is 2.98. The molecule has 0 bridgehead atoms. The van der Waals surface area contributed by atoms with Gasteiger partial charge in [-0.05, 0) is 20.8 Å². The summed E-state index contributed by atoms with van der Waals surface area (Å²) in [6.07, 6.45) is 2.55. The molecule has 1 fully saturated rings. The van der Waals surface area contributed by atoms with Crippen LogP contribution in [0.15, 0.2) is 12.7 Å². The highest BCUT2D eigenvalue weighted by molar-refractivity contribution is 5.69. The molecule has 100 valence electrons. The second-order valence-electron chi connectivity index (χ2n) is 5.65. The van der Waals surface area contributed by atoms with Crippen LogP contribution in [0.3, 0.4) is 0 Å². The summed E-state index contributed by atoms with van der Waals surface area (Å²) in [6, 6.07) is 0. The van der Waals surface area contributed by atoms with E-state index in [-0.39, 0.29) is 13.1 Å². The molecule has 2 heterocycles. The molecule has 0 atom stereocenters. The first kappa shape index (κ1) is 12.8. The van der Waals surface area contributed by atoms with Crippen molar-refractivity contribution in [1.29, 1.82) is 0 Å². The predicted octanol–water partition coefficient (Wildman–Crippen LogP) is 0.260. The fourth-order valence-corrected chi connectivity index (χ4v) is 1.84. The number of aromatic nitrogens is 3. The van der Waals surface area contributed by atoms with Gasteiger partial charge in [-0.1, -0.05) is 0 Å². The Balaban J connectivity index is 1.84. The van der Waals surface area contributed by atoms with Gasteiger partial charge in [0.15, 0.2) is 0 Å². The molecule has 1 amide bonds. The van der Waals surface area contributed by atoms with E-state index in [2.05, 4.69) is 10.1 Å². The van der Waals surface area contributed by atoms with Crippen molar-refractivity contribution in [3.8, 4) is 0 Å². The molecule has 0 aliphatic carbocycles. The number of ether oxygens (including phenoxy) is 1. The average Bonchev–Trinajstić information content (AvgIpc) is 2.63. The van der Waals surface area contributed by atoms with Crippen molar-refractivity contribution >= 4 is 6.09 Å². The standard InChI is InChI=1S/C11H18N4O3/c1-10(2,3)18-9(16)14-4-11(17,5-14)6-15-8-12-7-13-15/h7-8,17H,4-6H2,1-3H3. The fourth-order valence-electron chi connectivity index (χ4n) is 1.84. The van der Waals surface area contributed by atoms with E-state index in [4.69, 9.17) is 4.74 Å². The Morgan fingerprint density at radius 2 is 2.17 bits per heavy atom. The summed E-state index contributed by atoms with van der Waals surface area (Å²) in [5.74, 6) is 0. The van der Waals surface area contributed by atoms with Crippen LogP contribution >= 0.6 is 0 Å². The minimum Gasteiger partial charge on any atom is -0.444 e. The van der Waals surface area contributed by atoms with Crippen molar-refractivity contribution in [3.05, 3.63) is 12.7 Å². The summed E-state index contributed by atoms with van der Waals surface area (Å²) in [6.45, 7) is 6.26. The molecule has 1 aromatic rings. The average molecular weight is 254 g/mol. The Morgan fingerprint density at radius 1 is 1.50 bits per heavy atom. The summed E-state index contributed by atoms with van der Waals surface area (Å²) in [5, 5.41) is 14.1. The van der Waals surface area contributed by atoms with E-state index in [0.717, 1.165) is 0 Å². The Hall–Kier alpha value is -1.63. The third-order valence-corrected chi connectivity index (χ3v) is 2.54. The van der Waals surface area contributed by atoms with Crippen LogP contribution in [0, 0.1) is 0 Å². The zero-order valence-corrected chi connectivity index (χ0v) is 10.8. The van der Waals surface area contributed by atoms with E-state index < -0.39 is 17.3 Å². The molecule has 0 unspecified atom stereocenters. The van der Waals surface area contributed by atoms with Gasteiger partial charge in [0.2, 0.25) is 0 Å². The highest BCUT2D eigenvalue weighted by Crippen LogP contribution is 2.24. The molecule has 2 rings (SSSR count). The summed E-state index contributed by atoms with van der Waals surface area (Å²) < 4.78 is 6.76. The maximum atomic E-state index is 11.7. The van der Waals surface area contributed by atoms with Crippen molar-refractivity contribution in [2.24, 2.45) is 0 Å².